The summed E-state index contributed by atoms with van der Waals surface area (Å²) in [6.07, 6.45) is 0.865. The minimum atomic E-state index is -0.178. The van der Waals surface area contributed by atoms with Gasteiger partial charge in [0, 0.05) is 0 Å². The SMILES string of the molecule is CCC1SC(N)NC1=O. The molecule has 3 nitrogen and oxygen atoms in total. The van der Waals surface area contributed by atoms with E-state index in [2.05, 4.69) is 5.32 Å². The Balaban J connectivity index is 2.48. The number of hydrogen-bond donors (Lipinski definition) is 2. The van der Waals surface area contributed by atoms with Crippen LogP contribution < -0.4 is 11.1 Å². The van der Waals surface area contributed by atoms with Gasteiger partial charge in [0.05, 0.1) is 5.25 Å². The summed E-state index contributed by atoms with van der Waals surface area (Å²) >= 11 is 1.49. The minimum absolute atomic E-state index is 0.0787. The Hall–Kier alpha value is -0.220. The highest BCUT2D eigenvalue weighted by Crippen LogP contribution is 2.21. The van der Waals surface area contributed by atoms with Crippen molar-refractivity contribution in [2.75, 3.05) is 0 Å². The first-order valence-electron chi connectivity index (χ1n) is 2.95. The van der Waals surface area contributed by atoms with Crippen LogP contribution in [-0.2, 0) is 4.79 Å². The lowest BCUT2D eigenvalue weighted by molar-refractivity contribution is -0.120. The maximum absolute atomic E-state index is 10.8. The highest BCUT2D eigenvalue weighted by Gasteiger charge is 2.28. The molecule has 1 aliphatic heterocycles. The third kappa shape index (κ3) is 1.37. The minimum Gasteiger partial charge on any atom is -0.331 e. The third-order valence-corrected chi connectivity index (χ3v) is 2.55. The zero-order valence-corrected chi connectivity index (χ0v) is 6.07. The molecule has 2 unspecified atom stereocenters. The summed E-state index contributed by atoms with van der Waals surface area (Å²) in [5, 5.41) is 2.70. The number of carbonyl (C=O) groups excluding carboxylic acids is 1. The number of carbonyl (C=O) groups is 1. The number of amides is 1. The van der Waals surface area contributed by atoms with Gasteiger partial charge in [-0.15, -0.1) is 11.8 Å². The van der Waals surface area contributed by atoms with Crippen molar-refractivity contribution in [1.82, 2.24) is 5.32 Å². The van der Waals surface area contributed by atoms with E-state index in [0.29, 0.717) is 0 Å². The van der Waals surface area contributed by atoms with Gasteiger partial charge in [0.1, 0.15) is 5.50 Å². The first-order chi connectivity index (χ1) is 4.24. The molecule has 4 heteroatoms. The van der Waals surface area contributed by atoms with Crippen LogP contribution in [0.15, 0.2) is 0 Å². The summed E-state index contributed by atoms with van der Waals surface area (Å²) in [6.45, 7) is 1.98. The van der Waals surface area contributed by atoms with Gasteiger partial charge in [-0.05, 0) is 6.42 Å². The summed E-state index contributed by atoms with van der Waals surface area (Å²) in [5.74, 6) is 0.0787. The number of rotatable bonds is 1. The van der Waals surface area contributed by atoms with Crippen LogP contribution in [0.1, 0.15) is 13.3 Å². The van der Waals surface area contributed by atoms with E-state index in [-0.39, 0.29) is 16.7 Å². The van der Waals surface area contributed by atoms with Gasteiger partial charge in [0.2, 0.25) is 5.91 Å². The lowest BCUT2D eigenvalue weighted by Crippen LogP contribution is -2.32. The second-order valence-electron chi connectivity index (χ2n) is 1.96. The molecule has 1 saturated heterocycles. The van der Waals surface area contributed by atoms with Crippen molar-refractivity contribution in [2.45, 2.75) is 24.1 Å². The van der Waals surface area contributed by atoms with Gasteiger partial charge in [0.25, 0.3) is 0 Å². The Labute approximate surface area is 58.4 Å². The van der Waals surface area contributed by atoms with Crippen LogP contribution in [0.4, 0.5) is 0 Å². The Morgan fingerprint density at radius 2 is 2.56 bits per heavy atom. The van der Waals surface area contributed by atoms with Crippen molar-refractivity contribution in [3.8, 4) is 0 Å². The second-order valence-corrected chi connectivity index (χ2v) is 3.31. The molecule has 52 valence electrons. The van der Waals surface area contributed by atoms with Crippen molar-refractivity contribution < 1.29 is 4.79 Å². The van der Waals surface area contributed by atoms with E-state index in [9.17, 15) is 4.79 Å². The fourth-order valence-electron chi connectivity index (χ4n) is 0.788. The van der Waals surface area contributed by atoms with Crippen LogP contribution in [0.2, 0.25) is 0 Å². The predicted octanol–water partition coefficient (Wildman–Crippen LogP) is -0.130. The summed E-state index contributed by atoms with van der Waals surface area (Å²) < 4.78 is 0. The molecule has 1 rings (SSSR count). The van der Waals surface area contributed by atoms with Crippen LogP contribution in [0.3, 0.4) is 0 Å². The monoisotopic (exact) mass is 146 g/mol. The molecular weight excluding hydrogens is 136 g/mol. The molecule has 0 bridgehead atoms. The smallest absolute Gasteiger partial charge is 0.235 e. The summed E-state index contributed by atoms with van der Waals surface area (Å²) in [5.41, 5.74) is 5.24. The molecule has 0 aromatic heterocycles. The van der Waals surface area contributed by atoms with E-state index in [0.717, 1.165) is 6.42 Å². The lowest BCUT2D eigenvalue weighted by atomic mass is 10.3. The van der Waals surface area contributed by atoms with Gasteiger partial charge in [-0.25, -0.2) is 0 Å². The second kappa shape index (κ2) is 2.58. The molecule has 0 saturated carbocycles. The molecule has 0 aliphatic carbocycles. The molecule has 1 aliphatic rings. The van der Waals surface area contributed by atoms with Gasteiger partial charge in [-0.2, -0.15) is 0 Å². The number of thioether (sulfide) groups is 1. The van der Waals surface area contributed by atoms with Crippen molar-refractivity contribution in [1.29, 1.82) is 0 Å². The molecule has 1 fully saturated rings. The number of nitrogens with one attached hydrogen (secondary N) is 1. The van der Waals surface area contributed by atoms with E-state index >= 15 is 0 Å². The quantitative estimate of drug-likeness (QED) is 0.542. The van der Waals surface area contributed by atoms with E-state index in [1.54, 1.807) is 0 Å². The summed E-state index contributed by atoms with van der Waals surface area (Å²) in [4.78, 5) is 10.8. The van der Waals surface area contributed by atoms with E-state index < -0.39 is 0 Å². The predicted molar refractivity (Wildman–Crippen MR) is 37.8 cm³/mol. The standard InChI is InChI=1S/C5H10N2OS/c1-2-3-4(8)7-5(6)9-3/h3,5H,2,6H2,1H3,(H,7,8). The van der Waals surface area contributed by atoms with Gasteiger partial charge < -0.3 is 11.1 Å². The number of nitrogens with two attached hydrogens (primary N) is 1. The molecule has 0 radical (unpaired) electrons. The highest BCUT2D eigenvalue weighted by atomic mass is 32.2. The average Bonchev–Trinajstić information content (AvgIpc) is 2.10. The van der Waals surface area contributed by atoms with Crippen LogP contribution in [0.5, 0.6) is 0 Å². The van der Waals surface area contributed by atoms with E-state index in [4.69, 9.17) is 5.73 Å². The normalized spacial score (nSPS) is 34.7. The molecule has 9 heavy (non-hydrogen) atoms. The van der Waals surface area contributed by atoms with Crippen LogP contribution in [0.25, 0.3) is 0 Å². The summed E-state index contributed by atoms with van der Waals surface area (Å²) in [7, 11) is 0. The fourth-order valence-corrected chi connectivity index (χ4v) is 1.71. The van der Waals surface area contributed by atoms with Gasteiger partial charge in [0.15, 0.2) is 0 Å². The molecular formula is C5H10N2OS. The summed E-state index contributed by atoms with van der Waals surface area (Å²) in [6, 6.07) is 0. The Morgan fingerprint density at radius 1 is 1.89 bits per heavy atom. The molecule has 1 amide bonds. The third-order valence-electron chi connectivity index (χ3n) is 1.26. The molecule has 1 heterocycles. The van der Waals surface area contributed by atoms with Crippen molar-refractivity contribution in [3.63, 3.8) is 0 Å². The highest BCUT2D eigenvalue weighted by molar-refractivity contribution is 8.01. The number of hydrogen-bond acceptors (Lipinski definition) is 3. The zero-order valence-electron chi connectivity index (χ0n) is 5.26. The maximum atomic E-state index is 10.8. The topological polar surface area (TPSA) is 55.1 Å². The molecule has 0 spiro atoms. The average molecular weight is 146 g/mol. The molecule has 0 aromatic carbocycles. The fraction of sp³-hybridized carbons (Fsp3) is 0.800. The maximum Gasteiger partial charge on any atom is 0.235 e. The van der Waals surface area contributed by atoms with Gasteiger partial charge >= 0.3 is 0 Å². The van der Waals surface area contributed by atoms with Crippen molar-refractivity contribution in [3.05, 3.63) is 0 Å². The van der Waals surface area contributed by atoms with E-state index in [1.165, 1.54) is 11.8 Å². The first kappa shape index (κ1) is 6.89. The molecule has 3 N–H and O–H groups in total. The molecule has 2 atom stereocenters. The van der Waals surface area contributed by atoms with Crippen LogP contribution >= 0.6 is 11.8 Å². The first-order valence-corrected chi connectivity index (χ1v) is 3.89. The Morgan fingerprint density at radius 3 is 2.78 bits per heavy atom. The van der Waals surface area contributed by atoms with Crippen LogP contribution in [0, 0.1) is 0 Å². The Kier molecular flexibility index (Phi) is 1.97. The van der Waals surface area contributed by atoms with Crippen LogP contribution in [-0.4, -0.2) is 16.7 Å². The van der Waals surface area contributed by atoms with Crippen molar-refractivity contribution in [2.24, 2.45) is 5.73 Å². The Bertz CT molecular complexity index is 128. The molecule has 0 aromatic rings. The largest absolute Gasteiger partial charge is 0.331 e. The van der Waals surface area contributed by atoms with Gasteiger partial charge in [-0.1, -0.05) is 6.92 Å². The van der Waals surface area contributed by atoms with Gasteiger partial charge in [-0.3, -0.25) is 4.79 Å². The lowest BCUT2D eigenvalue weighted by Gasteiger charge is -1.98. The zero-order chi connectivity index (χ0) is 6.85. The van der Waals surface area contributed by atoms with E-state index in [1.807, 2.05) is 6.92 Å². The van der Waals surface area contributed by atoms with Crippen molar-refractivity contribution >= 4 is 17.7 Å².